The Hall–Kier alpha value is -1.85. The average Bonchev–Trinajstić information content (AvgIpc) is 2.50. The molecule has 4 nitrogen and oxygen atoms in total. The third kappa shape index (κ3) is 3.83. The number of benzene rings is 2. The largest absolute Gasteiger partial charge is 0.490 e. The fourth-order valence-electron chi connectivity index (χ4n) is 1.84. The van der Waals surface area contributed by atoms with Gasteiger partial charge >= 0.3 is 0 Å². The molecule has 0 spiro atoms. The van der Waals surface area contributed by atoms with Crippen LogP contribution in [0, 0.1) is 0 Å². The van der Waals surface area contributed by atoms with Crippen LogP contribution in [-0.2, 0) is 4.74 Å². The average molecular weight is 350 g/mol. The van der Waals surface area contributed by atoms with Crippen LogP contribution in [0.1, 0.15) is 15.9 Å². The number of halogens is 1. The van der Waals surface area contributed by atoms with E-state index < -0.39 is 0 Å². The molecule has 0 atom stereocenters. The summed E-state index contributed by atoms with van der Waals surface area (Å²) >= 11 is 3.33. The van der Waals surface area contributed by atoms with Gasteiger partial charge in [0.2, 0.25) is 0 Å². The molecule has 0 saturated carbocycles. The van der Waals surface area contributed by atoms with Gasteiger partial charge in [0, 0.05) is 22.8 Å². The number of carbonyl (C=O) groups excluding carboxylic acids is 1. The molecule has 0 aliphatic heterocycles. The molecule has 110 valence electrons. The molecule has 21 heavy (non-hydrogen) atoms. The van der Waals surface area contributed by atoms with Gasteiger partial charge in [-0.25, -0.2) is 0 Å². The normalized spacial score (nSPS) is 10.4. The van der Waals surface area contributed by atoms with Gasteiger partial charge in [-0.1, -0.05) is 12.1 Å². The lowest BCUT2D eigenvalue weighted by molar-refractivity contribution is 0.103. The fourth-order valence-corrected chi connectivity index (χ4v) is 2.22. The van der Waals surface area contributed by atoms with Crippen molar-refractivity contribution in [3.63, 3.8) is 0 Å². The molecule has 0 fully saturated rings. The van der Waals surface area contributed by atoms with Gasteiger partial charge in [-0.2, -0.15) is 0 Å². The van der Waals surface area contributed by atoms with Crippen LogP contribution in [0.3, 0.4) is 0 Å². The van der Waals surface area contributed by atoms with Gasteiger partial charge in [0.25, 0.3) is 0 Å². The van der Waals surface area contributed by atoms with E-state index in [0.29, 0.717) is 40.3 Å². The zero-order valence-electron chi connectivity index (χ0n) is 11.6. The first-order valence-electron chi connectivity index (χ1n) is 6.44. The van der Waals surface area contributed by atoms with Crippen molar-refractivity contribution in [2.45, 2.75) is 0 Å². The second kappa shape index (κ2) is 7.24. The lowest BCUT2D eigenvalue weighted by atomic mass is 10.0. The Balaban J connectivity index is 2.27. The van der Waals surface area contributed by atoms with Crippen LogP contribution in [0.4, 0.5) is 5.69 Å². The molecule has 2 aromatic rings. The number of hydrogen-bond acceptors (Lipinski definition) is 4. The maximum Gasteiger partial charge on any atom is 0.196 e. The van der Waals surface area contributed by atoms with E-state index in [2.05, 4.69) is 15.9 Å². The van der Waals surface area contributed by atoms with E-state index in [9.17, 15) is 4.79 Å². The van der Waals surface area contributed by atoms with Crippen molar-refractivity contribution >= 4 is 27.4 Å². The molecule has 5 heteroatoms. The molecule has 0 saturated heterocycles. The Morgan fingerprint density at radius 2 is 1.95 bits per heavy atom. The summed E-state index contributed by atoms with van der Waals surface area (Å²) < 4.78 is 11.2. The summed E-state index contributed by atoms with van der Waals surface area (Å²) in [6.45, 7) is 0.863. The fraction of sp³-hybridized carbons (Fsp3) is 0.188. The van der Waals surface area contributed by atoms with Crippen molar-refractivity contribution in [1.29, 1.82) is 0 Å². The van der Waals surface area contributed by atoms with E-state index in [-0.39, 0.29) is 5.78 Å². The van der Waals surface area contributed by atoms with E-state index in [1.807, 2.05) is 12.1 Å². The quantitative estimate of drug-likeness (QED) is 0.493. The smallest absolute Gasteiger partial charge is 0.196 e. The number of rotatable bonds is 6. The van der Waals surface area contributed by atoms with Gasteiger partial charge in [-0.15, -0.1) is 0 Å². The summed E-state index contributed by atoms with van der Waals surface area (Å²) in [5.74, 6) is 0.441. The molecule has 2 N–H and O–H groups in total. The van der Waals surface area contributed by atoms with Gasteiger partial charge < -0.3 is 15.2 Å². The second-order valence-corrected chi connectivity index (χ2v) is 5.26. The topological polar surface area (TPSA) is 61.5 Å². The van der Waals surface area contributed by atoms with Crippen LogP contribution >= 0.6 is 15.9 Å². The first-order chi connectivity index (χ1) is 10.1. The summed E-state index contributed by atoms with van der Waals surface area (Å²) in [6.07, 6.45) is 0. The number of ketones is 1. The third-order valence-electron chi connectivity index (χ3n) is 2.94. The van der Waals surface area contributed by atoms with Crippen molar-refractivity contribution in [1.82, 2.24) is 0 Å². The van der Waals surface area contributed by atoms with Gasteiger partial charge in [-0.3, -0.25) is 4.79 Å². The Bertz CT molecular complexity index is 643. The van der Waals surface area contributed by atoms with E-state index in [1.54, 1.807) is 37.4 Å². The third-order valence-corrected chi connectivity index (χ3v) is 3.63. The summed E-state index contributed by atoms with van der Waals surface area (Å²) in [7, 11) is 1.60. The molecule has 0 aromatic heterocycles. The number of hydrogen-bond donors (Lipinski definition) is 1. The summed E-state index contributed by atoms with van der Waals surface area (Å²) in [4.78, 5) is 12.6. The lowest BCUT2D eigenvalue weighted by Gasteiger charge is -2.11. The highest BCUT2D eigenvalue weighted by molar-refractivity contribution is 9.10. The SMILES string of the molecule is COCCOc1ccccc1C(=O)c1ccc(N)c(Br)c1. The number of ether oxygens (including phenoxy) is 2. The summed E-state index contributed by atoms with van der Waals surface area (Å²) in [5, 5.41) is 0. The van der Waals surface area contributed by atoms with Crippen molar-refractivity contribution < 1.29 is 14.3 Å². The van der Waals surface area contributed by atoms with Crippen molar-refractivity contribution in [3.8, 4) is 5.75 Å². The van der Waals surface area contributed by atoms with E-state index in [4.69, 9.17) is 15.2 Å². The minimum Gasteiger partial charge on any atom is -0.490 e. The van der Waals surface area contributed by atoms with Crippen LogP contribution in [0.5, 0.6) is 5.75 Å². The lowest BCUT2D eigenvalue weighted by Crippen LogP contribution is -2.09. The number of nitrogen functional groups attached to an aromatic ring is 1. The first kappa shape index (κ1) is 15.5. The second-order valence-electron chi connectivity index (χ2n) is 4.40. The first-order valence-corrected chi connectivity index (χ1v) is 7.23. The predicted octanol–water partition coefficient (Wildman–Crippen LogP) is 3.29. The Labute approximate surface area is 132 Å². The molecular formula is C16H16BrNO3. The Kier molecular flexibility index (Phi) is 5.36. The summed E-state index contributed by atoms with van der Waals surface area (Å²) in [5.41, 5.74) is 7.41. The van der Waals surface area contributed by atoms with E-state index in [1.165, 1.54) is 0 Å². The molecule has 0 amide bonds. The zero-order chi connectivity index (χ0) is 15.2. The number of nitrogens with two attached hydrogens (primary N) is 1. The standard InChI is InChI=1S/C16H16BrNO3/c1-20-8-9-21-15-5-3-2-4-12(15)16(19)11-6-7-14(18)13(17)10-11/h2-7,10H,8-9,18H2,1H3. The summed E-state index contributed by atoms with van der Waals surface area (Å²) in [6, 6.07) is 12.3. The van der Waals surface area contributed by atoms with Crippen LogP contribution in [0.15, 0.2) is 46.9 Å². The van der Waals surface area contributed by atoms with Crippen LogP contribution < -0.4 is 10.5 Å². The zero-order valence-corrected chi connectivity index (χ0v) is 13.2. The molecule has 0 bridgehead atoms. The highest BCUT2D eigenvalue weighted by Crippen LogP contribution is 2.25. The van der Waals surface area contributed by atoms with Crippen molar-refractivity contribution in [2.24, 2.45) is 0 Å². The molecule has 2 aromatic carbocycles. The molecule has 0 radical (unpaired) electrons. The van der Waals surface area contributed by atoms with Crippen molar-refractivity contribution in [2.75, 3.05) is 26.1 Å². The Morgan fingerprint density at radius 1 is 1.19 bits per heavy atom. The molecule has 0 aliphatic rings. The minimum absolute atomic E-state index is 0.108. The monoisotopic (exact) mass is 349 g/mol. The van der Waals surface area contributed by atoms with E-state index >= 15 is 0 Å². The number of carbonyl (C=O) groups is 1. The van der Waals surface area contributed by atoms with Crippen LogP contribution in [0.25, 0.3) is 0 Å². The molecular weight excluding hydrogens is 334 g/mol. The van der Waals surface area contributed by atoms with Crippen LogP contribution in [-0.4, -0.2) is 26.1 Å². The molecule has 0 heterocycles. The molecule has 0 aliphatic carbocycles. The van der Waals surface area contributed by atoms with Crippen molar-refractivity contribution in [3.05, 3.63) is 58.1 Å². The number of anilines is 1. The van der Waals surface area contributed by atoms with Crippen LogP contribution in [0.2, 0.25) is 0 Å². The number of para-hydroxylation sites is 1. The van der Waals surface area contributed by atoms with Gasteiger partial charge in [0.1, 0.15) is 12.4 Å². The maximum atomic E-state index is 12.6. The number of methoxy groups -OCH3 is 1. The highest BCUT2D eigenvalue weighted by Gasteiger charge is 2.15. The van der Waals surface area contributed by atoms with Gasteiger partial charge in [-0.05, 0) is 46.3 Å². The van der Waals surface area contributed by atoms with Gasteiger partial charge in [0.15, 0.2) is 5.78 Å². The maximum absolute atomic E-state index is 12.6. The van der Waals surface area contributed by atoms with E-state index in [0.717, 1.165) is 0 Å². The Morgan fingerprint density at radius 3 is 2.67 bits per heavy atom. The minimum atomic E-state index is -0.108. The predicted molar refractivity (Wildman–Crippen MR) is 85.8 cm³/mol. The molecule has 0 unspecified atom stereocenters. The van der Waals surface area contributed by atoms with Gasteiger partial charge in [0.05, 0.1) is 12.2 Å². The highest BCUT2D eigenvalue weighted by atomic mass is 79.9. The molecule has 2 rings (SSSR count).